The summed E-state index contributed by atoms with van der Waals surface area (Å²) in [6.45, 7) is 5.88. The van der Waals surface area contributed by atoms with Crippen LogP contribution in [0.2, 0.25) is 0 Å². The molecule has 122 valence electrons. The molecule has 2 nitrogen and oxygen atoms in total. The fraction of sp³-hybridized carbons (Fsp3) is 0.400. The third-order valence-corrected chi connectivity index (χ3v) is 5.13. The number of rotatable bonds is 5. The second kappa shape index (κ2) is 7.56. The summed E-state index contributed by atoms with van der Waals surface area (Å²) in [4.78, 5) is 0. The number of hydrogen-bond acceptors (Lipinski definition) is 2. The van der Waals surface area contributed by atoms with E-state index in [9.17, 15) is 0 Å². The Balaban J connectivity index is 2.03. The number of alkyl halides is 1. The van der Waals surface area contributed by atoms with Crippen LogP contribution in [0.3, 0.4) is 0 Å². The molecule has 0 N–H and O–H groups in total. The van der Waals surface area contributed by atoms with Crippen LogP contribution in [0.1, 0.15) is 36.5 Å². The second-order valence-electron chi connectivity index (χ2n) is 6.04. The van der Waals surface area contributed by atoms with Gasteiger partial charge in [0.25, 0.3) is 0 Å². The lowest BCUT2D eigenvalue weighted by Crippen LogP contribution is -2.01. The van der Waals surface area contributed by atoms with Crippen LogP contribution in [0.4, 0.5) is 0 Å². The zero-order valence-corrected chi connectivity index (χ0v) is 16.0. The highest BCUT2D eigenvalue weighted by Gasteiger charge is 2.19. The molecule has 0 aromatic heterocycles. The van der Waals surface area contributed by atoms with Crippen molar-refractivity contribution in [1.29, 1.82) is 0 Å². The van der Waals surface area contributed by atoms with Gasteiger partial charge in [-0.2, -0.15) is 0 Å². The molecule has 0 bridgehead atoms. The first-order chi connectivity index (χ1) is 11.2. The topological polar surface area (TPSA) is 18.5 Å². The van der Waals surface area contributed by atoms with Gasteiger partial charge in [0.2, 0.25) is 0 Å². The lowest BCUT2D eigenvalue weighted by molar-refractivity contribution is 0.308. The number of halogens is 1. The Morgan fingerprint density at radius 2 is 2.09 bits per heavy atom. The molecule has 1 aliphatic rings. The standard InChI is InChI=1S/C20H23IO2/c1-3-4-8-22-17-10-14(2)20-16(12-17)7-9-23-19-6-5-15(13-21)11-18(19)20/h5-6,10-12H,3-4,7-9,13H2,1-2H3. The Hall–Kier alpha value is -1.23. The summed E-state index contributed by atoms with van der Waals surface area (Å²) in [5.74, 6) is 1.99. The molecule has 2 aromatic rings. The Morgan fingerprint density at radius 3 is 2.87 bits per heavy atom. The molecule has 2 aromatic carbocycles. The molecular formula is C20H23IO2. The maximum Gasteiger partial charge on any atom is 0.127 e. The van der Waals surface area contributed by atoms with E-state index in [-0.39, 0.29) is 0 Å². The molecule has 3 rings (SSSR count). The molecule has 23 heavy (non-hydrogen) atoms. The summed E-state index contributed by atoms with van der Waals surface area (Å²) in [5, 5.41) is 0. The van der Waals surface area contributed by atoms with Gasteiger partial charge in [0.15, 0.2) is 0 Å². The van der Waals surface area contributed by atoms with Crippen LogP contribution >= 0.6 is 22.6 Å². The SMILES string of the molecule is CCCCOc1cc(C)c2c(c1)CCOc1ccc(CI)cc1-2. The maximum absolute atomic E-state index is 5.98. The highest BCUT2D eigenvalue weighted by atomic mass is 127. The van der Waals surface area contributed by atoms with Gasteiger partial charge in [-0.05, 0) is 59.9 Å². The van der Waals surface area contributed by atoms with Crippen molar-refractivity contribution in [1.82, 2.24) is 0 Å². The molecule has 1 heterocycles. The maximum atomic E-state index is 5.98. The van der Waals surface area contributed by atoms with Gasteiger partial charge in [-0.25, -0.2) is 0 Å². The van der Waals surface area contributed by atoms with Gasteiger partial charge >= 0.3 is 0 Å². The Kier molecular flexibility index (Phi) is 5.46. The number of unbranched alkanes of at least 4 members (excludes halogenated alkanes) is 1. The summed E-state index contributed by atoms with van der Waals surface area (Å²) in [5.41, 5.74) is 6.49. The molecule has 0 fully saturated rings. The van der Waals surface area contributed by atoms with Crippen LogP contribution in [0.15, 0.2) is 30.3 Å². The molecule has 1 aliphatic heterocycles. The van der Waals surface area contributed by atoms with Crippen LogP contribution in [-0.2, 0) is 10.8 Å². The number of hydrogen-bond donors (Lipinski definition) is 0. The first-order valence-electron chi connectivity index (χ1n) is 8.31. The molecule has 0 unspecified atom stereocenters. The van der Waals surface area contributed by atoms with Crippen molar-refractivity contribution in [2.45, 2.75) is 37.5 Å². The van der Waals surface area contributed by atoms with Gasteiger partial charge in [0.05, 0.1) is 13.2 Å². The molecule has 0 saturated carbocycles. The predicted molar refractivity (Wildman–Crippen MR) is 104 cm³/mol. The smallest absolute Gasteiger partial charge is 0.127 e. The van der Waals surface area contributed by atoms with E-state index in [2.05, 4.69) is 66.8 Å². The normalized spacial score (nSPS) is 12.8. The van der Waals surface area contributed by atoms with Crippen molar-refractivity contribution in [2.24, 2.45) is 0 Å². The zero-order chi connectivity index (χ0) is 16.2. The van der Waals surface area contributed by atoms with Crippen LogP contribution in [0, 0.1) is 6.92 Å². The summed E-state index contributed by atoms with van der Waals surface area (Å²) in [6.07, 6.45) is 3.18. The summed E-state index contributed by atoms with van der Waals surface area (Å²) in [6, 6.07) is 10.9. The lowest BCUT2D eigenvalue weighted by atomic mass is 9.92. The van der Waals surface area contributed by atoms with Crippen LogP contribution in [-0.4, -0.2) is 13.2 Å². The van der Waals surface area contributed by atoms with Gasteiger partial charge in [-0.3, -0.25) is 0 Å². The largest absolute Gasteiger partial charge is 0.494 e. The molecule has 0 spiro atoms. The Bertz CT molecular complexity index is 694. The van der Waals surface area contributed by atoms with Crippen molar-refractivity contribution < 1.29 is 9.47 Å². The number of aryl methyl sites for hydroxylation is 1. The van der Waals surface area contributed by atoms with E-state index >= 15 is 0 Å². The van der Waals surface area contributed by atoms with Gasteiger partial charge < -0.3 is 9.47 Å². The van der Waals surface area contributed by atoms with Crippen molar-refractivity contribution in [3.05, 3.63) is 47.0 Å². The third kappa shape index (κ3) is 3.65. The van der Waals surface area contributed by atoms with E-state index in [0.29, 0.717) is 0 Å². The predicted octanol–water partition coefficient (Wildman–Crippen LogP) is 5.71. The van der Waals surface area contributed by atoms with Crippen LogP contribution < -0.4 is 9.47 Å². The van der Waals surface area contributed by atoms with E-state index in [1.54, 1.807) is 0 Å². The van der Waals surface area contributed by atoms with E-state index in [1.807, 2.05) is 0 Å². The van der Waals surface area contributed by atoms with Crippen LogP contribution in [0.25, 0.3) is 11.1 Å². The number of fused-ring (bicyclic) bond motifs is 3. The fourth-order valence-corrected chi connectivity index (χ4v) is 3.55. The minimum absolute atomic E-state index is 0.724. The fourth-order valence-electron chi connectivity index (χ4n) is 3.08. The Labute approximate surface area is 152 Å². The first-order valence-corrected chi connectivity index (χ1v) is 9.84. The molecule has 3 heteroatoms. The van der Waals surface area contributed by atoms with Crippen molar-refractivity contribution in [3.8, 4) is 22.6 Å². The van der Waals surface area contributed by atoms with E-state index in [4.69, 9.17) is 9.47 Å². The van der Waals surface area contributed by atoms with E-state index < -0.39 is 0 Å². The minimum atomic E-state index is 0.724. The highest BCUT2D eigenvalue weighted by Crippen LogP contribution is 2.40. The second-order valence-corrected chi connectivity index (χ2v) is 6.80. The van der Waals surface area contributed by atoms with E-state index in [1.165, 1.54) is 27.8 Å². The van der Waals surface area contributed by atoms with Gasteiger partial charge in [-0.1, -0.05) is 42.0 Å². The lowest BCUT2D eigenvalue weighted by Gasteiger charge is -2.15. The van der Waals surface area contributed by atoms with Crippen LogP contribution in [0.5, 0.6) is 11.5 Å². The third-order valence-electron chi connectivity index (χ3n) is 4.25. The average Bonchev–Trinajstić information content (AvgIpc) is 2.73. The van der Waals surface area contributed by atoms with Crippen molar-refractivity contribution in [2.75, 3.05) is 13.2 Å². The van der Waals surface area contributed by atoms with Gasteiger partial charge in [-0.15, -0.1) is 0 Å². The highest BCUT2D eigenvalue weighted by molar-refractivity contribution is 14.1. The van der Waals surface area contributed by atoms with Gasteiger partial charge in [0, 0.05) is 16.4 Å². The molecule has 0 radical (unpaired) electrons. The minimum Gasteiger partial charge on any atom is -0.494 e. The average molecular weight is 422 g/mol. The molecule has 0 saturated heterocycles. The molecule has 0 atom stereocenters. The summed E-state index contributed by atoms with van der Waals surface area (Å²) in [7, 11) is 0. The number of ether oxygens (including phenoxy) is 2. The number of benzene rings is 2. The van der Waals surface area contributed by atoms with E-state index in [0.717, 1.165) is 48.4 Å². The van der Waals surface area contributed by atoms with Crippen molar-refractivity contribution in [3.63, 3.8) is 0 Å². The van der Waals surface area contributed by atoms with Crippen molar-refractivity contribution >= 4 is 22.6 Å². The monoisotopic (exact) mass is 422 g/mol. The molecule has 0 aliphatic carbocycles. The summed E-state index contributed by atoms with van der Waals surface area (Å²) >= 11 is 2.41. The summed E-state index contributed by atoms with van der Waals surface area (Å²) < 4.78 is 12.9. The first kappa shape index (κ1) is 16.6. The quantitative estimate of drug-likeness (QED) is 0.349. The zero-order valence-electron chi connectivity index (χ0n) is 13.8. The molecule has 0 amide bonds. The van der Waals surface area contributed by atoms with Gasteiger partial charge in [0.1, 0.15) is 11.5 Å². The molecular weight excluding hydrogens is 399 g/mol. The Morgan fingerprint density at radius 1 is 1.22 bits per heavy atom.